The Balaban J connectivity index is 1.96. The fourth-order valence-corrected chi connectivity index (χ4v) is 2.50. The van der Waals surface area contributed by atoms with Crippen LogP contribution in [0.4, 0.5) is 0 Å². The van der Waals surface area contributed by atoms with Crippen LogP contribution >= 0.6 is 0 Å². The Morgan fingerprint density at radius 3 is 2.67 bits per heavy atom. The molecule has 122 valence electrons. The predicted octanol–water partition coefficient (Wildman–Crippen LogP) is 3.58. The average molecular weight is 324 g/mol. The van der Waals surface area contributed by atoms with Gasteiger partial charge < -0.3 is 13.9 Å². The highest BCUT2D eigenvalue weighted by Crippen LogP contribution is 2.25. The molecule has 0 unspecified atom stereocenters. The Kier molecular flexibility index (Phi) is 4.33. The Bertz CT molecular complexity index is 955. The van der Waals surface area contributed by atoms with Crippen LogP contribution in [-0.4, -0.2) is 12.9 Å². The van der Waals surface area contributed by atoms with Crippen LogP contribution in [0, 0.1) is 0 Å². The van der Waals surface area contributed by atoms with Crippen molar-refractivity contribution in [2.45, 2.75) is 13.5 Å². The first kappa shape index (κ1) is 15.8. The number of carbonyl (C=O) groups is 1. The van der Waals surface area contributed by atoms with E-state index in [4.69, 9.17) is 13.9 Å². The van der Waals surface area contributed by atoms with Crippen LogP contribution in [-0.2, 0) is 6.61 Å². The van der Waals surface area contributed by atoms with Gasteiger partial charge in [0.1, 0.15) is 23.7 Å². The summed E-state index contributed by atoms with van der Waals surface area (Å²) in [5, 5.41) is 0.760. The van der Waals surface area contributed by atoms with Gasteiger partial charge in [-0.1, -0.05) is 12.1 Å². The molecule has 0 aliphatic rings. The van der Waals surface area contributed by atoms with Gasteiger partial charge in [0.25, 0.3) is 0 Å². The molecular formula is C19H16O5. The van der Waals surface area contributed by atoms with E-state index < -0.39 is 5.63 Å². The molecule has 1 aromatic heterocycles. The van der Waals surface area contributed by atoms with Crippen molar-refractivity contribution in [3.8, 4) is 11.5 Å². The molecule has 2 aromatic carbocycles. The highest BCUT2D eigenvalue weighted by atomic mass is 16.5. The number of methoxy groups -OCH3 is 1. The summed E-state index contributed by atoms with van der Waals surface area (Å²) in [6, 6.07) is 13.7. The number of para-hydroxylation sites is 1. The molecular weight excluding hydrogens is 308 g/mol. The van der Waals surface area contributed by atoms with Crippen molar-refractivity contribution in [2.24, 2.45) is 0 Å². The fourth-order valence-electron chi connectivity index (χ4n) is 2.50. The van der Waals surface area contributed by atoms with Gasteiger partial charge in [-0.15, -0.1) is 0 Å². The zero-order valence-electron chi connectivity index (χ0n) is 13.4. The number of hydrogen-bond acceptors (Lipinski definition) is 5. The Hall–Kier alpha value is -3.08. The molecule has 1 heterocycles. The molecule has 0 radical (unpaired) electrons. The molecule has 0 bridgehead atoms. The normalized spacial score (nSPS) is 10.6. The van der Waals surface area contributed by atoms with E-state index in [-0.39, 0.29) is 12.4 Å². The molecule has 24 heavy (non-hydrogen) atoms. The van der Waals surface area contributed by atoms with Crippen molar-refractivity contribution in [3.63, 3.8) is 0 Å². The van der Waals surface area contributed by atoms with Crippen LogP contribution in [0.25, 0.3) is 11.0 Å². The lowest BCUT2D eigenvalue weighted by atomic mass is 10.1. The number of carbonyl (C=O) groups excluding carboxylic acids is 1. The molecule has 3 aromatic rings. The smallest absolute Gasteiger partial charge is 0.336 e. The minimum Gasteiger partial charge on any atom is -0.497 e. The van der Waals surface area contributed by atoms with E-state index in [0.717, 1.165) is 5.39 Å². The number of rotatable bonds is 5. The SMILES string of the molecule is COc1ccc2c(COc3ccccc3C(C)=O)cc(=O)oc2c1. The van der Waals surface area contributed by atoms with Gasteiger partial charge in [-0.25, -0.2) is 4.79 Å². The fraction of sp³-hybridized carbons (Fsp3) is 0.158. The van der Waals surface area contributed by atoms with E-state index in [2.05, 4.69) is 0 Å². The summed E-state index contributed by atoms with van der Waals surface area (Å²) in [5.41, 5.74) is 1.16. The van der Waals surface area contributed by atoms with Crippen LogP contribution in [0.1, 0.15) is 22.8 Å². The van der Waals surface area contributed by atoms with Crippen molar-refractivity contribution in [1.82, 2.24) is 0 Å². The van der Waals surface area contributed by atoms with Crippen LogP contribution in [0.15, 0.2) is 57.7 Å². The Morgan fingerprint density at radius 1 is 1.12 bits per heavy atom. The van der Waals surface area contributed by atoms with Gasteiger partial charge in [-0.05, 0) is 31.2 Å². The van der Waals surface area contributed by atoms with Crippen LogP contribution in [0.2, 0.25) is 0 Å². The molecule has 0 fully saturated rings. The summed E-state index contributed by atoms with van der Waals surface area (Å²) >= 11 is 0. The van der Waals surface area contributed by atoms with Gasteiger partial charge in [0.15, 0.2) is 5.78 Å². The van der Waals surface area contributed by atoms with E-state index in [1.54, 1.807) is 43.5 Å². The minimum absolute atomic E-state index is 0.0761. The van der Waals surface area contributed by atoms with Crippen LogP contribution < -0.4 is 15.1 Å². The molecule has 0 aliphatic carbocycles. The second-order valence-electron chi connectivity index (χ2n) is 5.29. The summed E-state index contributed by atoms with van der Waals surface area (Å²) in [4.78, 5) is 23.4. The number of ketones is 1. The third-order valence-corrected chi connectivity index (χ3v) is 3.69. The molecule has 5 nitrogen and oxygen atoms in total. The summed E-state index contributed by atoms with van der Waals surface area (Å²) in [6.45, 7) is 1.64. The molecule has 3 rings (SSSR count). The zero-order chi connectivity index (χ0) is 17.1. The van der Waals surface area contributed by atoms with Crippen LogP contribution in [0.5, 0.6) is 11.5 Å². The second kappa shape index (κ2) is 6.58. The van der Waals surface area contributed by atoms with Crippen molar-refractivity contribution in [2.75, 3.05) is 7.11 Å². The molecule has 0 atom stereocenters. The van der Waals surface area contributed by atoms with Gasteiger partial charge >= 0.3 is 5.63 Å². The number of fused-ring (bicyclic) bond motifs is 1. The molecule has 0 saturated heterocycles. The number of ether oxygens (including phenoxy) is 2. The summed E-state index contributed by atoms with van der Waals surface area (Å²) in [6.07, 6.45) is 0. The average Bonchev–Trinajstić information content (AvgIpc) is 2.59. The Labute approximate surface area is 138 Å². The number of Topliss-reactive ketones (excluding diaryl/α,β-unsaturated/α-hetero) is 1. The standard InChI is InChI=1S/C19H16O5/c1-12(20)15-5-3-4-6-17(15)23-11-13-9-19(21)24-18-10-14(22-2)7-8-16(13)18/h3-10H,11H2,1-2H3. The lowest BCUT2D eigenvalue weighted by molar-refractivity contribution is 0.101. The molecule has 0 spiro atoms. The van der Waals surface area contributed by atoms with Gasteiger partial charge in [0.2, 0.25) is 0 Å². The van der Waals surface area contributed by atoms with E-state index in [9.17, 15) is 9.59 Å². The molecule has 0 aliphatic heterocycles. The minimum atomic E-state index is -0.464. The first-order valence-corrected chi connectivity index (χ1v) is 7.42. The largest absolute Gasteiger partial charge is 0.497 e. The third-order valence-electron chi connectivity index (χ3n) is 3.69. The van der Waals surface area contributed by atoms with Crippen molar-refractivity contribution in [3.05, 3.63) is 70.1 Å². The lowest BCUT2D eigenvalue weighted by Gasteiger charge is -2.11. The second-order valence-corrected chi connectivity index (χ2v) is 5.29. The monoisotopic (exact) mass is 324 g/mol. The highest BCUT2D eigenvalue weighted by molar-refractivity contribution is 5.96. The molecule has 0 saturated carbocycles. The summed E-state index contributed by atoms with van der Waals surface area (Å²) in [5.74, 6) is 1.01. The maximum atomic E-state index is 11.8. The topological polar surface area (TPSA) is 65.7 Å². The lowest BCUT2D eigenvalue weighted by Crippen LogP contribution is -2.06. The third kappa shape index (κ3) is 3.15. The van der Waals surface area contributed by atoms with Gasteiger partial charge in [0, 0.05) is 23.1 Å². The molecule has 5 heteroatoms. The summed E-state index contributed by atoms with van der Waals surface area (Å²) < 4.78 is 16.1. The summed E-state index contributed by atoms with van der Waals surface area (Å²) in [7, 11) is 1.55. The maximum Gasteiger partial charge on any atom is 0.336 e. The predicted molar refractivity (Wildman–Crippen MR) is 89.8 cm³/mol. The van der Waals surface area contributed by atoms with E-state index >= 15 is 0 Å². The quantitative estimate of drug-likeness (QED) is 0.530. The van der Waals surface area contributed by atoms with Crippen LogP contribution in [0.3, 0.4) is 0 Å². The Morgan fingerprint density at radius 2 is 1.92 bits per heavy atom. The van der Waals surface area contributed by atoms with E-state index in [1.807, 2.05) is 6.07 Å². The molecule has 0 amide bonds. The van der Waals surface area contributed by atoms with Gasteiger partial charge in [0.05, 0.1) is 12.7 Å². The maximum absolute atomic E-state index is 11.8. The van der Waals surface area contributed by atoms with Gasteiger partial charge in [-0.2, -0.15) is 0 Å². The van der Waals surface area contributed by atoms with Crippen molar-refractivity contribution < 1.29 is 18.7 Å². The van der Waals surface area contributed by atoms with Crippen molar-refractivity contribution in [1.29, 1.82) is 0 Å². The van der Waals surface area contributed by atoms with Gasteiger partial charge in [-0.3, -0.25) is 4.79 Å². The number of benzene rings is 2. The van der Waals surface area contributed by atoms with E-state index in [0.29, 0.717) is 28.2 Å². The highest BCUT2D eigenvalue weighted by Gasteiger charge is 2.11. The zero-order valence-corrected chi connectivity index (χ0v) is 13.4. The van der Waals surface area contributed by atoms with Crippen molar-refractivity contribution >= 4 is 16.8 Å². The number of hydrogen-bond donors (Lipinski definition) is 0. The van der Waals surface area contributed by atoms with E-state index in [1.165, 1.54) is 13.0 Å². The molecule has 0 N–H and O–H groups in total. The first-order valence-electron chi connectivity index (χ1n) is 7.42. The first-order chi connectivity index (χ1) is 11.6.